The fourth-order valence-corrected chi connectivity index (χ4v) is 2.87. The Balaban J connectivity index is 2.14. The van der Waals surface area contributed by atoms with Gasteiger partial charge >= 0.3 is 6.18 Å². The molecule has 0 aliphatic heterocycles. The SMILES string of the molecule is CSc1cccc(C(=O)NNc2cc(SC)cc(C(F)(F)F)c2)c1. The van der Waals surface area contributed by atoms with Crippen LogP contribution < -0.4 is 10.9 Å². The first-order valence-electron chi connectivity index (χ1n) is 6.80. The molecule has 0 aromatic heterocycles. The summed E-state index contributed by atoms with van der Waals surface area (Å²) < 4.78 is 38.7. The number of carbonyl (C=O) groups is 1. The maximum Gasteiger partial charge on any atom is 0.416 e. The van der Waals surface area contributed by atoms with Crippen LogP contribution in [0.15, 0.2) is 52.3 Å². The molecular formula is C16H15F3N2OS2. The summed E-state index contributed by atoms with van der Waals surface area (Å²) >= 11 is 2.69. The maximum atomic E-state index is 12.9. The van der Waals surface area contributed by atoms with Gasteiger partial charge in [0.25, 0.3) is 5.91 Å². The van der Waals surface area contributed by atoms with Gasteiger partial charge in [-0.2, -0.15) is 13.2 Å². The Morgan fingerprint density at radius 3 is 2.33 bits per heavy atom. The van der Waals surface area contributed by atoms with Gasteiger partial charge in [-0.3, -0.25) is 15.6 Å². The lowest BCUT2D eigenvalue weighted by Gasteiger charge is -2.13. The Hall–Kier alpha value is -1.80. The molecule has 0 unspecified atom stereocenters. The first-order chi connectivity index (χ1) is 11.3. The topological polar surface area (TPSA) is 41.1 Å². The second-order valence-corrected chi connectivity index (χ2v) is 6.52. The van der Waals surface area contributed by atoms with Crippen LogP contribution in [0, 0.1) is 0 Å². The highest BCUT2D eigenvalue weighted by molar-refractivity contribution is 7.98. The number of benzene rings is 2. The van der Waals surface area contributed by atoms with Crippen LogP contribution in [0.25, 0.3) is 0 Å². The molecule has 2 aromatic rings. The first kappa shape index (κ1) is 18.5. The highest BCUT2D eigenvalue weighted by Crippen LogP contribution is 2.34. The predicted molar refractivity (Wildman–Crippen MR) is 92.5 cm³/mol. The molecule has 0 aliphatic rings. The first-order valence-corrected chi connectivity index (χ1v) is 9.25. The van der Waals surface area contributed by atoms with Crippen molar-refractivity contribution in [1.82, 2.24) is 5.43 Å². The normalized spacial score (nSPS) is 11.2. The highest BCUT2D eigenvalue weighted by atomic mass is 32.2. The number of thioether (sulfide) groups is 2. The van der Waals surface area contributed by atoms with Gasteiger partial charge < -0.3 is 0 Å². The molecule has 0 radical (unpaired) electrons. The Morgan fingerprint density at radius 2 is 1.71 bits per heavy atom. The molecule has 3 nitrogen and oxygen atoms in total. The van der Waals surface area contributed by atoms with Gasteiger partial charge in [0, 0.05) is 15.4 Å². The van der Waals surface area contributed by atoms with Crippen molar-refractivity contribution in [2.24, 2.45) is 0 Å². The van der Waals surface area contributed by atoms with E-state index in [4.69, 9.17) is 0 Å². The van der Waals surface area contributed by atoms with Gasteiger partial charge in [-0.05, 0) is 48.9 Å². The van der Waals surface area contributed by atoms with Gasteiger partial charge in [-0.1, -0.05) is 6.07 Å². The van der Waals surface area contributed by atoms with Crippen molar-refractivity contribution in [1.29, 1.82) is 0 Å². The van der Waals surface area contributed by atoms with Crippen LogP contribution in [0.5, 0.6) is 0 Å². The van der Waals surface area contributed by atoms with Gasteiger partial charge in [-0.25, -0.2) is 0 Å². The van der Waals surface area contributed by atoms with Crippen LogP contribution in [0.4, 0.5) is 18.9 Å². The van der Waals surface area contributed by atoms with E-state index in [0.29, 0.717) is 10.5 Å². The number of anilines is 1. The minimum Gasteiger partial charge on any atom is -0.298 e. The van der Waals surface area contributed by atoms with E-state index in [-0.39, 0.29) is 5.69 Å². The van der Waals surface area contributed by atoms with Crippen LogP contribution in [0.3, 0.4) is 0 Å². The summed E-state index contributed by atoms with van der Waals surface area (Å²) in [4.78, 5) is 13.5. The fraction of sp³-hybridized carbons (Fsp3) is 0.188. The van der Waals surface area contributed by atoms with E-state index < -0.39 is 17.6 Å². The summed E-state index contributed by atoms with van der Waals surface area (Å²) in [5, 5.41) is 0. The van der Waals surface area contributed by atoms with E-state index in [2.05, 4.69) is 10.9 Å². The number of amides is 1. The molecule has 0 spiro atoms. The summed E-state index contributed by atoms with van der Waals surface area (Å²) in [5.74, 6) is -0.422. The molecule has 0 heterocycles. The zero-order chi connectivity index (χ0) is 17.7. The average Bonchev–Trinajstić information content (AvgIpc) is 2.58. The summed E-state index contributed by atoms with van der Waals surface area (Å²) in [7, 11) is 0. The molecule has 0 aliphatic carbocycles. The van der Waals surface area contributed by atoms with E-state index in [1.54, 1.807) is 30.5 Å². The average molecular weight is 372 g/mol. The minimum absolute atomic E-state index is 0.170. The van der Waals surface area contributed by atoms with Gasteiger partial charge in [0.15, 0.2) is 0 Å². The third-order valence-electron chi connectivity index (χ3n) is 3.12. The molecule has 2 aromatic carbocycles. The summed E-state index contributed by atoms with van der Waals surface area (Å²) in [6, 6.07) is 10.5. The summed E-state index contributed by atoms with van der Waals surface area (Å²) in [6.07, 6.45) is -0.869. The molecule has 128 valence electrons. The minimum atomic E-state index is -4.45. The van der Waals surface area contributed by atoms with Gasteiger partial charge in [0.2, 0.25) is 0 Å². The lowest BCUT2D eigenvalue weighted by molar-refractivity contribution is -0.137. The largest absolute Gasteiger partial charge is 0.416 e. The van der Waals surface area contributed by atoms with E-state index in [1.807, 2.05) is 12.3 Å². The standard InChI is InChI=1S/C16H15F3N2OS2/c1-23-13-5-3-4-10(6-13)15(22)21-20-12-7-11(16(17,18)19)8-14(9-12)24-2/h3-9,20H,1-2H3,(H,21,22). The zero-order valence-corrected chi connectivity index (χ0v) is 14.5. The molecule has 0 saturated carbocycles. The Bertz CT molecular complexity index is 736. The number of nitrogens with one attached hydrogen (secondary N) is 2. The van der Waals surface area contributed by atoms with Gasteiger partial charge in [0.05, 0.1) is 11.3 Å². The van der Waals surface area contributed by atoms with Crippen LogP contribution in [0.2, 0.25) is 0 Å². The number of rotatable bonds is 5. The number of alkyl halides is 3. The Kier molecular flexibility index (Phi) is 6.06. The van der Waals surface area contributed by atoms with Crippen LogP contribution in [-0.4, -0.2) is 18.4 Å². The van der Waals surface area contributed by atoms with Gasteiger partial charge in [0.1, 0.15) is 0 Å². The molecule has 1 amide bonds. The lowest BCUT2D eigenvalue weighted by Crippen LogP contribution is -2.29. The lowest BCUT2D eigenvalue weighted by atomic mass is 10.2. The second kappa shape index (κ2) is 7.85. The molecule has 0 fully saturated rings. The maximum absolute atomic E-state index is 12.9. The Morgan fingerprint density at radius 1 is 1.00 bits per heavy atom. The second-order valence-electron chi connectivity index (χ2n) is 4.76. The van der Waals surface area contributed by atoms with Crippen molar-refractivity contribution < 1.29 is 18.0 Å². The molecule has 0 bridgehead atoms. The summed E-state index contributed by atoms with van der Waals surface area (Å²) in [5.41, 5.74) is 4.79. The third kappa shape index (κ3) is 4.85. The summed E-state index contributed by atoms with van der Waals surface area (Å²) in [6.45, 7) is 0. The highest BCUT2D eigenvalue weighted by Gasteiger charge is 2.31. The van der Waals surface area contributed by atoms with Crippen molar-refractivity contribution in [2.75, 3.05) is 17.9 Å². The third-order valence-corrected chi connectivity index (χ3v) is 4.55. The van der Waals surface area contributed by atoms with E-state index >= 15 is 0 Å². The molecule has 0 atom stereocenters. The smallest absolute Gasteiger partial charge is 0.298 e. The monoisotopic (exact) mass is 372 g/mol. The molecule has 2 rings (SSSR count). The van der Waals surface area contributed by atoms with Crippen molar-refractivity contribution >= 4 is 35.1 Å². The van der Waals surface area contributed by atoms with E-state index in [0.717, 1.165) is 17.0 Å². The van der Waals surface area contributed by atoms with Crippen LogP contribution in [0.1, 0.15) is 15.9 Å². The molecular weight excluding hydrogens is 357 g/mol. The van der Waals surface area contributed by atoms with Crippen molar-refractivity contribution in [3.63, 3.8) is 0 Å². The number of hydrogen-bond acceptors (Lipinski definition) is 4. The number of halogens is 3. The number of hydrogen-bond donors (Lipinski definition) is 2. The molecule has 24 heavy (non-hydrogen) atoms. The van der Waals surface area contributed by atoms with Crippen LogP contribution >= 0.6 is 23.5 Å². The predicted octanol–water partition coefficient (Wildman–Crippen LogP) is 4.91. The molecule has 0 saturated heterocycles. The van der Waals surface area contributed by atoms with Crippen LogP contribution in [-0.2, 0) is 6.18 Å². The van der Waals surface area contributed by atoms with Crippen molar-refractivity contribution in [3.05, 3.63) is 53.6 Å². The zero-order valence-electron chi connectivity index (χ0n) is 12.9. The number of carbonyl (C=O) groups excluding carboxylic acids is 1. The molecule has 2 N–H and O–H groups in total. The van der Waals surface area contributed by atoms with Crippen molar-refractivity contribution in [3.8, 4) is 0 Å². The van der Waals surface area contributed by atoms with Crippen molar-refractivity contribution in [2.45, 2.75) is 16.0 Å². The quantitative estimate of drug-likeness (QED) is 0.578. The Labute approximate surface area is 146 Å². The van der Waals surface area contributed by atoms with Gasteiger partial charge in [-0.15, -0.1) is 23.5 Å². The molecule has 8 heteroatoms. The van der Waals surface area contributed by atoms with E-state index in [1.165, 1.54) is 23.5 Å². The number of hydrazine groups is 1. The van der Waals surface area contributed by atoms with E-state index in [9.17, 15) is 18.0 Å². The fourth-order valence-electron chi connectivity index (χ4n) is 1.92.